The summed E-state index contributed by atoms with van der Waals surface area (Å²) in [7, 11) is 0. The number of nitrogens with zero attached hydrogens (tertiary/aromatic N) is 1. The van der Waals surface area contributed by atoms with Gasteiger partial charge in [0.2, 0.25) is 5.91 Å². The van der Waals surface area contributed by atoms with E-state index in [1.54, 1.807) is 0 Å². The molecule has 0 aromatic carbocycles. The SMILES string of the molecule is CC(C)(C(=O)N1CCC[C@H]2CCCC[C@H]21)C1CCCNC1. The van der Waals surface area contributed by atoms with Gasteiger partial charge in [0.25, 0.3) is 0 Å². The Morgan fingerprint density at radius 2 is 1.81 bits per heavy atom. The van der Waals surface area contributed by atoms with Crippen molar-refractivity contribution in [2.75, 3.05) is 19.6 Å². The van der Waals surface area contributed by atoms with Crippen molar-refractivity contribution in [3.8, 4) is 0 Å². The first-order valence-electron chi connectivity index (χ1n) is 9.12. The van der Waals surface area contributed by atoms with E-state index >= 15 is 0 Å². The molecule has 1 saturated carbocycles. The van der Waals surface area contributed by atoms with Gasteiger partial charge in [-0.05, 0) is 63.5 Å². The minimum Gasteiger partial charge on any atom is -0.339 e. The molecule has 0 aromatic heterocycles. The molecule has 1 N–H and O–H groups in total. The maximum Gasteiger partial charge on any atom is 0.228 e. The van der Waals surface area contributed by atoms with Crippen LogP contribution in [0.1, 0.15) is 65.2 Å². The number of carbonyl (C=O) groups is 1. The van der Waals surface area contributed by atoms with Gasteiger partial charge in [-0.1, -0.05) is 26.7 Å². The first kappa shape index (κ1) is 15.3. The lowest BCUT2D eigenvalue weighted by Gasteiger charge is -2.48. The Kier molecular flexibility index (Phi) is 4.58. The van der Waals surface area contributed by atoms with E-state index in [-0.39, 0.29) is 5.41 Å². The minimum absolute atomic E-state index is 0.202. The molecule has 21 heavy (non-hydrogen) atoms. The van der Waals surface area contributed by atoms with Crippen LogP contribution >= 0.6 is 0 Å². The van der Waals surface area contributed by atoms with E-state index in [9.17, 15) is 4.79 Å². The molecule has 3 fully saturated rings. The predicted molar refractivity (Wildman–Crippen MR) is 86.1 cm³/mol. The molecule has 1 aliphatic carbocycles. The van der Waals surface area contributed by atoms with Crippen molar-refractivity contribution in [3.05, 3.63) is 0 Å². The third-order valence-electron chi connectivity index (χ3n) is 6.37. The average Bonchev–Trinajstić information content (AvgIpc) is 2.54. The standard InChI is InChI=1S/C18H32N2O/c1-18(2,15-9-5-11-19-13-15)17(21)20-12-6-8-14-7-3-4-10-16(14)20/h14-16,19H,3-13H2,1-2H3/t14-,15?,16-/m1/s1. The van der Waals surface area contributed by atoms with E-state index in [1.165, 1.54) is 51.4 Å². The molecule has 2 heterocycles. The summed E-state index contributed by atoms with van der Waals surface area (Å²) in [6.45, 7) is 7.53. The lowest BCUT2D eigenvalue weighted by molar-refractivity contribution is -0.150. The van der Waals surface area contributed by atoms with Gasteiger partial charge in [-0.2, -0.15) is 0 Å². The van der Waals surface area contributed by atoms with Crippen LogP contribution < -0.4 is 5.32 Å². The highest BCUT2D eigenvalue weighted by Crippen LogP contribution is 2.40. The molecule has 0 radical (unpaired) electrons. The molecule has 3 rings (SSSR count). The first-order valence-corrected chi connectivity index (χ1v) is 9.12. The fourth-order valence-electron chi connectivity index (χ4n) is 4.89. The summed E-state index contributed by atoms with van der Waals surface area (Å²) in [5.41, 5.74) is -0.202. The zero-order valence-electron chi connectivity index (χ0n) is 13.9. The van der Waals surface area contributed by atoms with Crippen molar-refractivity contribution in [1.29, 1.82) is 0 Å². The van der Waals surface area contributed by atoms with E-state index in [0.717, 1.165) is 25.6 Å². The number of hydrogen-bond donors (Lipinski definition) is 1. The fraction of sp³-hybridized carbons (Fsp3) is 0.944. The van der Waals surface area contributed by atoms with E-state index < -0.39 is 0 Å². The van der Waals surface area contributed by atoms with E-state index in [1.807, 2.05) is 0 Å². The largest absolute Gasteiger partial charge is 0.339 e. The molecule has 3 heteroatoms. The molecule has 3 nitrogen and oxygen atoms in total. The summed E-state index contributed by atoms with van der Waals surface area (Å²) < 4.78 is 0. The van der Waals surface area contributed by atoms with Crippen molar-refractivity contribution in [1.82, 2.24) is 10.2 Å². The lowest BCUT2D eigenvalue weighted by Crippen LogP contribution is -2.56. The van der Waals surface area contributed by atoms with Crippen LogP contribution in [0.3, 0.4) is 0 Å². The number of rotatable bonds is 2. The van der Waals surface area contributed by atoms with Gasteiger partial charge in [-0.3, -0.25) is 4.79 Å². The monoisotopic (exact) mass is 292 g/mol. The highest BCUT2D eigenvalue weighted by molar-refractivity contribution is 5.82. The molecule has 0 aromatic rings. The van der Waals surface area contributed by atoms with Gasteiger partial charge in [0.15, 0.2) is 0 Å². The van der Waals surface area contributed by atoms with Crippen molar-refractivity contribution < 1.29 is 4.79 Å². The molecule has 2 saturated heterocycles. The Bertz CT molecular complexity index is 371. The molecule has 3 aliphatic rings. The molecule has 3 atom stereocenters. The zero-order chi connectivity index (χ0) is 14.9. The number of piperidine rings is 2. The Labute approximate surface area is 129 Å². The van der Waals surface area contributed by atoms with Crippen LogP contribution in [-0.4, -0.2) is 36.5 Å². The Hall–Kier alpha value is -0.570. The molecule has 1 unspecified atom stereocenters. The smallest absolute Gasteiger partial charge is 0.228 e. The molecule has 0 spiro atoms. The van der Waals surface area contributed by atoms with Crippen LogP contribution in [0, 0.1) is 17.3 Å². The van der Waals surface area contributed by atoms with Gasteiger partial charge < -0.3 is 10.2 Å². The maximum absolute atomic E-state index is 13.3. The van der Waals surface area contributed by atoms with Crippen LogP contribution in [0.2, 0.25) is 0 Å². The molecule has 0 bridgehead atoms. The van der Waals surface area contributed by atoms with Crippen molar-refractivity contribution in [2.24, 2.45) is 17.3 Å². The summed E-state index contributed by atoms with van der Waals surface area (Å²) in [4.78, 5) is 15.6. The molecule has 2 aliphatic heterocycles. The predicted octanol–water partition coefficient (Wildman–Crippen LogP) is 3.19. The van der Waals surface area contributed by atoms with Crippen LogP contribution in [0.4, 0.5) is 0 Å². The second-order valence-corrected chi connectivity index (χ2v) is 8.02. The summed E-state index contributed by atoms with van der Waals surface area (Å²) in [5.74, 6) is 1.73. The molecule has 120 valence electrons. The van der Waals surface area contributed by atoms with E-state index in [0.29, 0.717) is 17.9 Å². The van der Waals surface area contributed by atoms with E-state index in [4.69, 9.17) is 0 Å². The Morgan fingerprint density at radius 1 is 1.05 bits per heavy atom. The number of amides is 1. The second-order valence-electron chi connectivity index (χ2n) is 8.02. The minimum atomic E-state index is -0.202. The fourth-order valence-corrected chi connectivity index (χ4v) is 4.89. The summed E-state index contributed by atoms with van der Waals surface area (Å²) in [6.07, 6.45) is 10.3. The lowest BCUT2D eigenvalue weighted by atomic mass is 9.72. The van der Waals surface area contributed by atoms with Gasteiger partial charge in [-0.25, -0.2) is 0 Å². The highest BCUT2D eigenvalue weighted by Gasteiger charge is 2.44. The van der Waals surface area contributed by atoms with E-state index in [2.05, 4.69) is 24.1 Å². The summed E-state index contributed by atoms with van der Waals surface area (Å²) >= 11 is 0. The topological polar surface area (TPSA) is 32.3 Å². The third kappa shape index (κ3) is 2.99. The zero-order valence-corrected chi connectivity index (χ0v) is 13.9. The van der Waals surface area contributed by atoms with Crippen LogP contribution in [-0.2, 0) is 4.79 Å². The van der Waals surface area contributed by atoms with Gasteiger partial charge in [-0.15, -0.1) is 0 Å². The van der Waals surface area contributed by atoms with Crippen molar-refractivity contribution >= 4 is 5.91 Å². The Morgan fingerprint density at radius 3 is 2.57 bits per heavy atom. The van der Waals surface area contributed by atoms with Gasteiger partial charge in [0, 0.05) is 18.0 Å². The Balaban J connectivity index is 1.72. The van der Waals surface area contributed by atoms with Gasteiger partial charge in [0.05, 0.1) is 0 Å². The summed E-state index contributed by atoms with van der Waals surface area (Å²) in [6, 6.07) is 0.552. The quantitative estimate of drug-likeness (QED) is 0.847. The van der Waals surface area contributed by atoms with Crippen LogP contribution in [0.25, 0.3) is 0 Å². The first-order chi connectivity index (χ1) is 10.1. The molecular formula is C18H32N2O. The number of nitrogens with one attached hydrogen (secondary N) is 1. The van der Waals surface area contributed by atoms with Crippen molar-refractivity contribution in [2.45, 2.75) is 71.3 Å². The van der Waals surface area contributed by atoms with Gasteiger partial charge in [0.1, 0.15) is 0 Å². The normalized spacial score (nSPS) is 34.4. The number of likely N-dealkylation sites (tertiary alicyclic amines) is 1. The van der Waals surface area contributed by atoms with Crippen molar-refractivity contribution in [3.63, 3.8) is 0 Å². The number of carbonyl (C=O) groups excluding carboxylic acids is 1. The number of fused-ring (bicyclic) bond motifs is 1. The molecule has 1 amide bonds. The highest BCUT2D eigenvalue weighted by atomic mass is 16.2. The molecular weight excluding hydrogens is 260 g/mol. The van der Waals surface area contributed by atoms with Crippen LogP contribution in [0.5, 0.6) is 0 Å². The third-order valence-corrected chi connectivity index (χ3v) is 6.37. The number of hydrogen-bond acceptors (Lipinski definition) is 2. The average molecular weight is 292 g/mol. The summed E-state index contributed by atoms with van der Waals surface area (Å²) in [5, 5.41) is 3.48. The van der Waals surface area contributed by atoms with Gasteiger partial charge >= 0.3 is 0 Å². The second kappa shape index (κ2) is 6.28. The maximum atomic E-state index is 13.3. The van der Waals surface area contributed by atoms with Crippen LogP contribution in [0.15, 0.2) is 0 Å².